The molecule has 0 N–H and O–H groups in total. The number of rotatable bonds is 4. The first-order chi connectivity index (χ1) is 9.10. The van der Waals surface area contributed by atoms with Crippen LogP contribution < -0.4 is 4.74 Å². The Hall–Kier alpha value is -1.73. The van der Waals surface area contributed by atoms with Crippen LogP contribution in [0.2, 0.25) is 5.02 Å². The van der Waals surface area contributed by atoms with Gasteiger partial charge >= 0.3 is 5.97 Å². The molecule has 0 unspecified atom stereocenters. The largest absolute Gasteiger partial charge is 0.461 e. The minimum atomic E-state index is -0.603. The maximum atomic E-state index is 13.2. The van der Waals surface area contributed by atoms with Gasteiger partial charge in [-0.2, -0.15) is 0 Å². The first kappa shape index (κ1) is 13.7. The number of carbonyl (C=O) groups is 1. The molecule has 0 spiro atoms. The van der Waals surface area contributed by atoms with Crippen LogP contribution in [0.4, 0.5) is 4.39 Å². The summed E-state index contributed by atoms with van der Waals surface area (Å²) in [5.74, 6) is -0.958. The Kier molecular flexibility index (Phi) is 4.28. The standard InChI is InChI=1S/C11H8ClFN2O3S/c1-2-17-10(16)9-14-15-11(19-9)18-6-3-4-7(12)8(13)5-6/h3-5H,2H2,1H3. The van der Waals surface area contributed by atoms with E-state index in [9.17, 15) is 9.18 Å². The molecule has 1 heterocycles. The molecule has 0 atom stereocenters. The summed E-state index contributed by atoms with van der Waals surface area (Å²) in [6.07, 6.45) is 0. The van der Waals surface area contributed by atoms with Gasteiger partial charge in [-0.3, -0.25) is 0 Å². The molecular weight excluding hydrogens is 295 g/mol. The molecule has 5 nitrogen and oxygen atoms in total. The lowest BCUT2D eigenvalue weighted by atomic mass is 10.3. The maximum Gasteiger partial charge on any atom is 0.369 e. The average Bonchev–Trinajstić information content (AvgIpc) is 2.83. The van der Waals surface area contributed by atoms with Gasteiger partial charge in [0.15, 0.2) is 0 Å². The molecule has 100 valence electrons. The third kappa shape index (κ3) is 3.39. The number of aromatic nitrogens is 2. The van der Waals surface area contributed by atoms with Crippen molar-refractivity contribution in [3.05, 3.63) is 34.0 Å². The molecule has 0 radical (unpaired) electrons. The molecule has 19 heavy (non-hydrogen) atoms. The number of hydrogen-bond acceptors (Lipinski definition) is 6. The smallest absolute Gasteiger partial charge is 0.369 e. The topological polar surface area (TPSA) is 61.3 Å². The molecule has 0 aliphatic heterocycles. The van der Waals surface area contributed by atoms with Gasteiger partial charge in [0, 0.05) is 6.07 Å². The van der Waals surface area contributed by atoms with Gasteiger partial charge in [-0.1, -0.05) is 16.7 Å². The molecule has 0 aliphatic carbocycles. The number of benzene rings is 1. The summed E-state index contributed by atoms with van der Waals surface area (Å²) in [7, 11) is 0. The van der Waals surface area contributed by atoms with E-state index in [0.29, 0.717) is 0 Å². The Morgan fingerprint density at radius 3 is 2.95 bits per heavy atom. The Morgan fingerprint density at radius 1 is 1.47 bits per heavy atom. The lowest BCUT2D eigenvalue weighted by Crippen LogP contribution is -2.03. The first-order valence-corrected chi connectivity index (χ1v) is 6.43. The summed E-state index contributed by atoms with van der Waals surface area (Å²) in [5.41, 5.74) is 0. The summed E-state index contributed by atoms with van der Waals surface area (Å²) in [4.78, 5) is 11.4. The van der Waals surface area contributed by atoms with E-state index in [1.165, 1.54) is 12.1 Å². The predicted molar refractivity (Wildman–Crippen MR) is 67.3 cm³/mol. The van der Waals surface area contributed by atoms with E-state index >= 15 is 0 Å². The van der Waals surface area contributed by atoms with Crippen molar-refractivity contribution in [1.82, 2.24) is 10.2 Å². The Morgan fingerprint density at radius 2 is 2.26 bits per heavy atom. The van der Waals surface area contributed by atoms with Gasteiger partial charge in [0.1, 0.15) is 11.6 Å². The van der Waals surface area contributed by atoms with Crippen molar-refractivity contribution in [3.8, 4) is 10.9 Å². The van der Waals surface area contributed by atoms with Crippen LogP contribution in [0.25, 0.3) is 0 Å². The van der Waals surface area contributed by atoms with Gasteiger partial charge in [-0.15, -0.1) is 5.10 Å². The van der Waals surface area contributed by atoms with Crippen molar-refractivity contribution >= 4 is 28.9 Å². The highest BCUT2D eigenvalue weighted by molar-refractivity contribution is 7.14. The van der Waals surface area contributed by atoms with E-state index in [-0.39, 0.29) is 27.6 Å². The van der Waals surface area contributed by atoms with Crippen molar-refractivity contribution < 1.29 is 18.7 Å². The normalized spacial score (nSPS) is 10.3. The van der Waals surface area contributed by atoms with Crippen LogP contribution in [0.5, 0.6) is 10.9 Å². The molecule has 2 aromatic rings. The molecule has 1 aromatic heterocycles. The van der Waals surface area contributed by atoms with E-state index in [1.807, 2.05) is 0 Å². The van der Waals surface area contributed by atoms with Gasteiger partial charge in [0.25, 0.3) is 5.19 Å². The molecule has 8 heteroatoms. The molecule has 0 aliphatic rings. The number of nitrogens with zero attached hydrogens (tertiary/aromatic N) is 2. The number of hydrogen-bond donors (Lipinski definition) is 0. The fourth-order valence-electron chi connectivity index (χ4n) is 1.17. The van der Waals surface area contributed by atoms with Crippen molar-refractivity contribution in [2.45, 2.75) is 6.92 Å². The molecule has 0 saturated carbocycles. The second kappa shape index (κ2) is 5.94. The monoisotopic (exact) mass is 302 g/mol. The zero-order chi connectivity index (χ0) is 13.8. The van der Waals surface area contributed by atoms with Crippen LogP contribution in [0, 0.1) is 5.82 Å². The average molecular weight is 303 g/mol. The van der Waals surface area contributed by atoms with Crippen molar-refractivity contribution in [1.29, 1.82) is 0 Å². The highest BCUT2D eigenvalue weighted by atomic mass is 35.5. The van der Waals surface area contributed by atoms with Crippen molar-refractivity contribution in [2.24, 2.45) is 0 Å². The molecule has 0 saturated heterocycles. The highest BCUT2D eigenvalue weighted by Crippen LogP contribution is 2.27. The Labute approximate surface area is 116 Å². The van der Waals surface area contributed by atoms with Crippen LogP contribution in [-0.4, -0.2) is 22.8 Å². The molecule has 2 rings (SSSR count). The predicted octanol–water partition coefficient (Wildman–Crippen LogP) is 3.30. The molecular formula is C11H8ClFN2O3S. The summed E-state index contributed by atoms with van der Waals surface area (Å²) < 4.78 is 23.2. The SMILES string of the molecule is CCOC(=O)c1nnc(Oc2ccc(Cl)c(F)c2)s1. The number of ether oxygens (including phenoxy) is 2. The summed E-state index contributed by atoms with van der Waals surface area (Å²) in [6.45, 7) is 1.93. The fraction of sp³-hybridized carbons (Fsp3) is 0.182. The van der Waals surface area contributed by atoms with Gasteiger partial charge in [0.2, 0.25) is 5.01 Å². The third-order valence-electron chi connectivity index (χ3n) is 1.95. The van der Waals surface area contributed by atoms with E-state index < -0.39 is 11.8 Å². The lowest BCUT2D eigenvalue weighted by molar-refractivity contribution is 0.0525. The molecule has 0 bridgehead atoms. The number of carbonyl (C=O) groups excluding carboxylic acids is 1. The zero-order valence-corrected chi connectivity index (χ0v) is 11.3. The molecule has 0 fully saturated rings. The number of halogens is 2. The third-order valence-corrected chi connectivity index (χ3v) is 3.04. The van der Waals surface area contributed by atoms with E-state index in [4.69, 9.17) is 21.1 Å². The molecule has 0 amide bonds. The summed E-state index contributed by atoms with van der Waals surface area (Å²) >= 11 is 6.46. The fourth-order valence-corrected chi connectivity index (χ4v) is 1.89. The minimum absolute atomic E-state index is 0.00294. The first-order valence-electron chi connectivity index (χ1n) is 5.23. The van der Waals surface area contributed by atoms with Gasteiger partial charge in [-0.25, -0.2) is 9.18 Å². The van der Waals surface area contributed by atoms with Gasteiger partial charge in [0.05, 0.1) is 11.6 Å². The van der Waals surface area contributed by atoms with Crippen LogP contribution in [0.1, 0.15) is 16.7 Å². The van der Waals surface area contributed by atoms with Crippen molar-refractivity contribution in [2.75, 3.05) is 6.61 Å². The highest BCUT2D eigenvalue weighted by Gasteiger charge is 2.15. The van der Waals surface area contributed by atoms with Crippen LogP contribution in [-0.2, 0) is 4.74 Å². The zero-order valence-electron chi connectivity index (χ0n) is 9.72. The van der Waals surface area contributed by atoms with E-state index in [1.54, 1.807) is 6.92 Å². The Bertz CT molecular complexity index is 605. The van der Waals surface area contributed by atoms with Crippen LogP contribution >= 0.6 is 22.9 Å². The lowest BCUT2D eigenvalue weighted by Gasteiger charge is -2.01. The van der Waals surface area contributed by atoms with Gasteiger partial charge in [-0.05, 0) is 30.4 Å². The van der Waals surface area contributed by atoms with Crippen LogP contribution in [0.15, 0.2) is 18.2 Å². The summed E-state index contributed by atoms with van der Waals surface area (Å²) in [5, 5.41) is 7.46. The van der Waals surface area contributed by atoms with E-state index in [2.05, 4.69) is 10.2 Å². The second-order valence-electron chi connectivity index (χ2n) is 3.27. The second-order valence-corrected chi connectivity index (χ2v) is 4.62. The molecule has 1 aromatic carbocycles. The van der Waals surface area contributed by atoms with E-state index in [0.717, 1.165) is 17.4 Å². The summed E-state index contributed by atoms with van der Waals surface area (Å²) in [6, 6.07) is 3.96. The Balaban J connectivity index is 2.11. The number of esters is 1. The maximum absolute atomic E-state index is 13.2. The van der Waals surface area contributed by atoms with Crippen LogP contribution in [0.3, 0.4) is 0 Å². The minimum Gasteiger partial charge on any atom is -0.461 e. The quantitative estimate of drug-likeness (QED) is 0.811. The van der Waals surface area contributed by atoms with Crippen molar-refractivity contribution in [3.63, 3.8) is 0 Å². The van der Waals surface area contributed by atoms with Gasteiger partial charge < -0.3 is 9.47 Å².